The van der Waals surface area contributed by atoms with Gasteiger partial charge in [0.2, 0.25) is 0 Å². The summed E-state index contributed by atoms with van der Waals surface area (Å²) in [5.74, 6) is -0.358. The Morgan fingerprint density at radius 2 is 0.814 bits per heavy atom. The van der Waals surface area contributed by atoms with Crippen LogP contribution in [0.3, 0.4) is 0 Å². The molecular weight excluding hydrogens is 1200 g/mol. The van der Waals surface area contributed by atoms with Gasteiger partial charge in [-0.05, 0) is 112 Å². The second kappa shape index (κ2) is 28.2. The van der Waals surface area contributed by atoms with Gasteiger partial charge < -0.3 is 9.47 Å². The van der Waals surface area contributed by atoms with Gasteiger partial charge in [0, 0.05) is 69.1 Å². The molecule has 4 unspecified atom stereocenters. The van der Waals surface area contributed by atoms with Gasteiger partial charge in [-0.3, -0.25) is 29.0 Å². The lowest BCUT2D eigenvalue weighted by Gasteiger charge is -2.21. The lowest BCUT2D eigenvalue weighted by atomic mass is 9.99. The van der Waals surface area contributed by atoms with Crippen LogP contribution in [-0.4, -0.2) is 59.7 Å². The van der Waals surface area contributed by atoms with Gasteiger partial charge in [-0.25, -0.2) is 8.78 Å². The average Bonchev–Trinajstić information content (AvgIpc) is 1.60. The standard InChI is InChI=1S/C70H82F2N2O6S6/c1-11-19-23-41(15-5)35-73-67(75)54-40(10)82-64(55(54)68(73)76)51-31-29-49(83-51)45-27-28-46(59(72)58(45)71)50-30-32-52(84-50)65-56-57(70(78)74(69(56)77)36-42(16-6)24-20-12-2)66(86-65)53-34-48-61(80-38-44(18-8)26-22-14-4)62-47(33-39(9)81-62)60(63(48)85-53)79-37-43(17-7)25-21-13-3/h27-34,41-44H,11-26,35-38H2,1-10H3. The Bertz CT molecular complexity index is 3700. The number of unbranched alkanes of at least 4 members (excludes halogenated alkanes) is 4. The van der Waals surface area contributed by atoms with Gasteiger partial charge in [0.1, 0.15) is 11.5 Å². The number of benzene rings is 2. The molecule has 10 rings (SSSR count). The number of halogens is 2. The molecule has 2 aromatic carbocycles. The summed E-state index contributed by atoms with van der Waals surface area (Å²) >= 11 is 8.63. The Labute approximate surface area is 531 Å². The van der Waals surface area contributed by atoms with Gasteiger partial charge in [-0.2, -0.15) is 0 Å². The molecule has 8 heterocycles. The number of hydrogen-bond donors (Lipinski definition) is 0. The highest BCUT2D eigenvalue weighted by Gasteiger charge is 2.45. The first kappa shape index (κ1) is 63.9. The first-order valence-electron chi connectivity index (χ1n) is 31.6. The van der Waals surface area contributed by atoms with Crippen LogP contribution in [0.2, 0.25) is 0 Å². The lowest BCUT2D eigenvalue weighted by Crippen LogP contribution is -2.34. The van der Waals surface area contributed by atoms with Crippen LogP contribution >= 0.6 is 68.0 Å². The quantitative estimate of drug-likeness (QED) is 0.0402. The zero-order valence-electron chi connectivity index (χ0n) is 51.6. The number of aryl methyl sites for hydroxylation is 2. The number of carbonyl (C=O) groups is 4. The Morgan fingerprint density at radius 3 is 1.27 bits per heavy atom. The predicted octanol–water partition coefficient (Wildman–Crippen LogP) is 22.4. The van der Waals surface area contributed by atoms with E-state index in [1.165, 1.54) is 60.0 Å². The number of ether oxygens (including phenoxy) is 2. The Morgan fingerprint density at radius 1 is 0.430 bits per heavy atom. The summed E-state index contributed by atoms with van der Waals surface area (Å²) in [6.07, 6.45) is 16.4. The molecule has 0 saturated carbocycles. The van der Waals surface area contributed by atoms with E-state index in [2.05, 4.69) is 74.4 Å². The van der Waals surface area contributed by atoms with Crippen molar-refractivity contribution in [3.8, 4) is 61.6 Å². The first-order valence-corrected chi connectivity index (χ1v) is 36.5. The molecule has 86 heavy (non-hydrogen) atoms. The van der Waals surface area contributed by atoms with Crippen molar-refractivity contribution in [1.82, 2.24) is 9.80 Å². The molecule has 0 fully saturated rings. The van der Waals surface area contributed by atoms with Crippen molar-refractivity contribution in [2.45, 2.75) is 172 Å². The molecule has 6 aromatic heterocycles. The second-order valence-electron chi connectivity index (χ2n) is 23.7. The Balaban J connectivity index is 1.03. The van der Waals surface area contributed by atoms with E-state index in [0.29, 0.717) is 94.5 Å². The summed E-state index contributed by atoms with van der Waals surface area (Å²) in [5, 5.41) is 1.97. The van der Waals surface area contributed by atoms with Crippen molar-refractivity contribution in [3.05, 3.63) is 92.2 Å². The van der Waals surface area contributed by atoms with Crippen LogP contribution in [0.1, 0.15) is 209 Å². The molecule has 2 aliphatic rings. The highest BCUT2D eigenvalue weighted by molar-refractivity contribution is 7.30. The summed E-state index contributed by atoms with van der Waals surface area (Å²) in [6.45, 7) is 23.3. The third-order valence-corrected chi connectivity index (χ3v) is 25.1. The molecular formula is C70H82F2N2O6S6. The number of hydrogen-bond acceptors (Lipinski definition) is 12. The SMILES string of the molecule is CCCCC(CC)COc1c2cc(-c3sc(-c4ccc(-c5ccc(-c6ccc(-c7sc(C)c8c7C(=O)N(CC(CC)CCCC)C8=O)s6)c(F)c5F)s4)c4c3C(=O)N(CC(CC)CCCC)C4=O)sc2c(OCC(CC)CCCC)c2cc(C)sc12. The number of amides is 4. The molecule has 2 aliphatic heterocycles. The number of nitrogens with zero attached hydrogens (tertiary/aromatic N) is 2. The van der Waals surface area contributed by atoms with Gasteiger partial charge in [-0.1, -0.05) is 132 Å². The van der Waals surface area contributed by atoms with E-state index in [4.69, 9.17) is 9.47 Å². The van der Waals surface area contributed by atoms with E-state index in [-0.39, 0.29) is 46.6 Å². The molecule has 0 spiro atoms. The fourth-order valence-corrected chi connectivity index (χ4v) is 19.3. The molecule has 0 aliphatic carbocycles. The molecule has 0 N–H and O–H groups in total. The van der Waals surface area contributed by atoms with Crippen molar-refractivity contribution >= 4 is 112 Å². The van der Waals surface area contributed by atoms with Gasteiger partial charge in [0.15, 0.2) is 11.6 Å². The van der Waals surface area contributed by atoms with Crippen LogP contribution < -0.4 is 9.47 Å². The van der Waals surface area contributed by atoms with E-state index in [1.807, 2.05) is 19.1 Å². The van der Waals surface area contributed by atoms with Gasteiger partial charge in [-0.15, -0.1) is 68.0 Å². The zero-order chi connectivity index (χ0) is 61.1. The number of fused-ring (bicyclic) bond motifs is 4. The normalized spacial score (nSPS) is 14.8. The van der Waals surface area contributed by atoms with E-state index < -0.39 is 11.6 Å². The van der Waals surface area contributed by atoms with Crippen LogP contribution in [0.4, 0.5) is 8.78 Å². The van der Waals surface area contributed by atoms with E-state index >= 15 is 18.4 Å². The largest absolute Gasteiger partial charge is 0.491 e. The molecule has 16 heteroatoms. The molecule has 8 nitrogen and oxygen atoms in total. The number of thiophene rings is 6. The maximum Gasteiger partial charge on any atom is 0.263 e. The van der Waals surface area contributed by atoms with E-state index in [1.54, 1.807) is 46.9 Å². The first-order chi connectivity index (χ1) is 41.6. The molecule has 0 radical (unpaired) electrons. The molecule has 0 bridgehead atoms. The fourth-order valence-electron chi connectivity index (χ4n) is 12.3. The average molecular weight is 1280 g/mol. The summed E-state index contributed by atoms with van der Waals surface area (Å²) in [5.41, 5.74) is 1.77. The number of rotatable bonds is 31. The summed E-state index contributed by atoms with van der Waals surface area (Å²) in [7, 11) is 0. The van der Waals surface area contributed by atoms with Crippen molar-refractivity contribution in [2.24, 2.45) is 23.7 Å². The smallest absolute Gasteiger partial charge is 0.263 e. The lowest BCUT2D eigenvalue weighted by molar-refractivity contribution is 0.0609. The molecule has 8 aromatic rings. The van der Waals surface area contributed by atoms with Crippen LogP contribution in [0, 0.1) is 49.2 Å². The molecule has 4 atom stereocenters. The van der Waals surface area contributed by atoms with Crippen molar-refractivity contribution in [2.75, 3.05) is 26.3 Å². The highest BCUT2D eigenvalue weighted by atomic mass is 32.1. The summed E-state index contributed by atoms with van der Waals surface area (Å²) < 4.78 is 49.6. The monoisotopic (exact) mass is 1280 g/mol. The zero-order valence-corrected chi connectivity index (χ0v) is 56.5. The predicted molar refractivity (Wildman–Crippen MR) is 360 cm³/mol. The van der Waals surface area contributed by atoms with E-state index in [9.17, 15) is 9.59 Å². The Kier molecular flexibility index (Phi) is 20.9. The van der Waals surface area contributed by atoms with Crippen LogP contribution in [0.25, 0.3) is 70.3 Å². The van der Waals surface area contributed by atoms with Crippen LogP contribution in [0.5, 0.6) is 11.5 Å². The fraction of sp³-hybridized carbons (Fsp3) is 0.486. The Hall–Kier alpha value is -5.10. The highest BCUT2D eigenvalue weighted by Crippen LogP contribution is 2.56. The van der Waals surface area contributed by atoms with Crippen molar-refractivity contribution in [1.29, 1.82) is 0 Å². The minimum absolute atomic E-state index is 0.0819. The van der Waals surface area contributed by atoms with Crippen molar-refractivity contribution in [3.63, 3.8) is 0 Å². The number of imide groups is 2. The topological polar surface area (TPSA) is 93.2 Å². The van der Waals surface area contributed by atoms with Gasteiger partial charge >= 0.3 is 0 Å². The number of carbonyl (C=O) groups excluding carboxylic acids is 4. The maximum atomic E-state index is 16.8. The molecule has 0 saturated heterocycles. The maximum absolute atomic E-state index is 16.8. The summed E-state index contributed by atoms with van der Waals surface area (Å²) in [4.78, 5) is 68.0. The van der Waals surface area contributed by atoms with Gasteiger partial charge in [0.25, 0.3) is 23.6 Å². The third kappa shape index (κ3) is 12.5. The van der Waals surface area contributed by atoms with E-state index in [0.717, 1.165) is 144 Å². The summed E-state index contributed by atoms with van der Waals surface area (Å²) in [6, 6.07) is 14.8. The second-order valence-corrected chi connectivity index (χ2v) is 30.4. The van der Waals surface area contributed by atoms with Gasteiger partial charge in [0.05, 0.1) is 59.5 Å². The minimum Gasteiger partial charge on any atom is -0.491 e. The van der Waals surface area contributed by atoms with Crippen LogP contribution in [0.15, 0.2) is 48.5 Å². The van der Waals surface area contributed by atoms with Crippen LogP contribution in [-0.2, 0) is 0 Å². The third-order valence-electron chi connectivity index (χ3n) is 17.8. The van der Waals surface area contributed by atoms with Crippen molar-refractivity contribution < 1.29 is 37.4 Å². The minimum atomic E-state index is -1.00. The molecule has 4 amide bonds. The molecule has 458 valence electrons.